The zero-order valence-corrected chi connectivity index (χ0v) is 18.3. The lowest BCUT2D eigenvalue weighted by atomic mass is 9.79. The zero-order valence-electron chi connectivity index (χ0n) is 17.5. The Morgan fingerprint density at radius 3 is 2.38 bits per heavy atom. The standard InChI is InChI=1S/C22H30N4O2S/c1-17(2)19-6-8-20(9-7-19)29(27,28)26-14-12-22(16-26)11-4-13-25(15-22)21-10-5-18(3)23-24-21/h5-10,17H,4,11-16H2,1-3H3. The molecule has 0 aliphatic carbocycles. The molecule has 4 rings (SSSR count). The van der Waals surface area contributed by atoms with Crippen LogP contribution in [0.15, 0.2) is 41.3 Å². The summed E-state index contributed by atoms with van der Waals surface area (Å²) in [6, 6.07) is 11.4. The van der Waals surface area contributed by atoms with Gasteiger partial charge in [0.05, 0.1) is 10.6 Å². The van der Waals surface area contributed by atoms with Gasteiger partial charge in [0.15, 0.2) is 5.82 Å². The lowest BCUT2D eigenvalue weighted by Crippen LogP contribution is -2.45. The third-order valence-electron chi connectivity index (χ3n) is 6.36. The molecule has 7 heteroatoms. The van der Waals surface area contributed by atoms with Crippen molar-refractivity contribution in [2.24, 2.45) is 5.41 Å². The van der Waals surface area contributed by atoms with Gasteiger partial charge < -0.3 is 4.90 Å². The molecule has 6 nitrogen and oxygen atoms in total. The zero-order chi connectivity index (χ0) is 20.6. The Hall–Kier alpha value is -1.99. The van der Waals surface area contributed by atoms with Gasteiger partial charge in [-0.1, -0.05) is 26.0 Å². The van der Waals surface area contributed by atoms with Crippen molar-refractivity contribution >= 4 is 15.8 Å². The molecule has 0 N–H and O–H groups in total. The SMILES string of the molecule is Cc1ccc(N2CCCC3(CCN(S(=O)(=O)c4ccc(C(C)C)cc4)C3)C2)nn1. The van der Waals surface area contributed by atoms with E-state index in [9.17, 15) is 8.42 Å². The van der Waals surface area contributed by atoms with Gasteiger partial charge in [0, 0.05) is 31.6 Å². The van der Waals surface area contributed by atoms with Crippen molar-refractivity contribution < 1.29 is 8.42 Å². The average molecular weight is 415 g/mol. The average Bonchev–Trinajstić information content (AvgIpc) is 3.12. The molecule has 0 amide bonds. The van der Waals surface area contributed by atoms with Crippen LogP contribution >= 0.6 is 0 Å². The van der Waals surface area contributed by atoms with E-state index in [1.165, 1.54) is 0 Å². The van der Waals surface area contributed by atoms with E-state index in [0.29, 0.717) is 23.9 Å². The van der Waals surface area contributed by atoms with Gasteiger partial charge in [0.25, 0.3) is 0 Å². The van der Waals surface area contributed by atoms with Crippen LogP contribution in [-0.2, 0) is 10.0 Å². The predicted octanol–water partition coefficient (Wildman–Crippen LogP) is 3.59. The monoisotopic (exact) mass is 414 g/mol. The Morgan fingerprint density at radius 1 is 0.966 bits per heavy atom. The minimum Gasteiger partial charge on any atom is -0.355 e. The molecule has 1 atom stereocenters. The number of hydrogen-bond donors (Lipinski definition) is 0. The summed E-state index contributed by atoms with van der Waals surface area (Å²) in [5.41, 5.74) is 2.06. The number of rotatable bonds is 4. The highest BCUT2D eigenvalue weighted by Crippen LogP contribution is 2.41. The van der Waals surface area contributed by atoms with Crippen LogP contribution in [0.1, 0.15) is 50.3 Å². The molecule has 3 heterocycles. The van der Waals surface area contributed by atoms with Crippen molar-refractivity contribution in [2.45, 2.75) is 50.8 Å². The fourth-order valence-electron chi connectivity index (χ4n) is 4.57. The van der Waals surface area contributed by atoms with E-state index in [2.05, 4.69) is 28.9 Å². The highest BCUT2D eigenvalue weighted by atomic mass is 32.2. The second-order valence-corrected chi connectivity index (χ2v) is 10.8. The first-order chi connectivity index (χ1) is 13.8. The first kappa shape index (κ1) is 20.3. The number of sulfonamides is 1. The highest BCUT2D eigenvalue weighted by molar-refractivity contribution is 7.89. The Balaban J connectivity index is 1.50. The maximum absolute atomic E-state index is 13.2. The fraction of sp³-hybridized carbons (Fsp3) is 0.545. The Bertz CT molecular complexity index is 957. The van der Waals surface area contributed by atoms with Gasteiger partial charge >= 0.3 is 0 Å². The molecular formula is C22H30N4O2S. The van der Waals surface area contributed by atoms with Crippen molar-refractivity contribution in [3.8, 4) is 0 Å². The Morgan fingerprint density at radius 2 is 1.72 bits per heavy atom. The van der Waals surface area contributed by atoms with Gasteiger partial charge in [0.2, 0.25) is 10.0 Å². The lowest BCUT2D eigenvalue weighted by molar-refractivity contribution is 0.246. The number of piperidine rings is 1. The highest BCUT2D eigenvalue weighted by Gasteiger charge is 2.45. The van der Waals surface area contributed by atoms with Gasteiger partial charge in [-0.25, -0.2) is 8.42 Å². The maximum atomic E-state index is 13.2. The third-order valence-corrected chi connectivity index (χ3v) is 8.22. The number of nitrogens with zero attached hydrogens (tertiary/aromatic N) is 4. The molecule has 2 saturated heterocycles. The van der Waals surface area contributed by atoms with Crippen LogP contribution < -0.4 is 4.90 Å². The minimum atomic E-state index is -3.46. The molecule has 0 saturated carbocycles. The summed E-state index contributed by atoms with van der Waals surface area (Å²) in [5.74, 6) is 1.28. The summed E-state index contributed by atoms with van der Waals surface area (Å²) in [6.45, 7) is 9.11. The molecule has 2 aliphatic rings. The van der Waals surface area contributed by atoms with Crippen LogP contribution in [-0.4, -0.2) is 49.1 Å². The van der Waals surface area contributed by atoms with Gasteiger partial charge in [-0.15, -0.1) is 5.10 Å². The molecule has 156 valence electrons. The maximum Gasteiger partial charge on any atom is 0.243 e. The van der Waals surface area contributed by atoms with Crippen LogP contribution in [0.5, 0.6) is 0 Å². The number of benzene rings is 1. The minimum absolute atomic E-state index is 0.00421. The molecule has 2 fully saturated rings. The molecule has 2 aromatic rings. The number of aryl methyl sites for hydroxylation is 1. The van der Waals surface area contributed by atoms with Gasteiger partial charge in [-0.2, -0.15) is 9.40 Å². The lowest BCUT2D eigenvalue weighted by Gasteiger charge is -2.40. The van der Waals surface area contributed by atoms with E-state index in [-0.39, 0.29) is 5.41 Å². The van der Waals surface area contributed by atoms with E-state index >= 15 is 0 Å². The van der Waals surface area contributed by atoms with Crippen LogP contribution in [0.25, 0.3) is 0 Å². The summed E-state index contributed by atoms with van der Waals surface area (Å²) in [6.07, 6.45) is 3.00. The number of aromatic nitrogens is 2. The van der Waals surface area contributed by atoms with Crippen molar-refractivity contribution in [1.29, 1.82) is 0 Å². The molecular weight excluding hydrogens is 384 g/mol. The van der Waals surface area contributed by atoms with E-state index in [0.717, 1.165) is 49.4 Å². The van der Waals surface area contributed by atoms with Crippen LogP contribution in [0.3, 0.4) is 0 Å². The van der Waals surface area contributed by atoms with E-state index in [1.807, 2.05) is 31.2 Å². The Labute approximate surface area is 174 Å². The normalized spacial score (nSPS) is 23.2. The first-order valence-corrected chi connectivity index (χ1v) is 11.9. The van der Waals surface area contributed by atoms with Gasteiger partial charge in [-0.05, 0) is 61.9 Å². The summed E-state index contributed by atoms with van der Waals surface area (Å²) >= 11 is 0. The van der Waals surface area contributed by atoms with Crippen molar-refractivity contribution in [3.63, 3.8) is 0 Å². The van der Waals surface area contributed by atoms with E-state index in [4.69, 9.17) is 0 Å². The van der Waals surface area contributed by atoms with E-state index < -0.39 is 10.0 Å². The largest absolute Gasteiger partial charge is 0.355 e. The molecule has 0 bridgehead atoms. The first-order valence-electron chi connectivity index (χ1n) is 10.4. The molecule has 0 radical (unpaired) electrons. The van der Waals surface area contributed by atoms with Crippen LogP contribution in [0.2, 0.25) is 0 Å². The quantitative estimate of drug-likeness (QED) is 0.765. The summed E-state index contributed by atoms with van der Waals surface area (Å²) in [4.78, 5) is 2.67. The van der Waals surface area contributed by atoms with Crippen LogP contribution in [0.4, 0.5) is 5.82 Å². The molecule has 1 unspecified atom stereocenters. The number of anilines is 1. The van der Waals surface area contributed by atoms with E-state index in [1.54, 1.807) is 16.4 Å². The second-order valence-electron chi connectivity index (χ2n) is 8.87. The van der Waals surface area contributed by atoms with Crippen LogP contribution in [0, 0.1) is 12.3 Å². The van der Waals surface area contributed by atoms with Gasteiger partial charge in [0.1, 0.15) is 0 Å². The molecule has 1 aromatic carbocycles. The smallest absolute Gasteiger partial charge is 0.243 e. The molecule has 1 spiro atoms. The fourth-order valence-corrected chi connectivity index (χ4v) is 6.12. The third kappa shape index (κ3) is 4.03. The molecule has 2 aliphatic heterocycles. The molecule has 29 heavy (non-hydrogen) atoms. The molecule has 1 aromatic heterocycles. The summed E-state index contributed by atoms with van der Waals surface area (Å²) < 4.78 is 28.1. The topological polar surface area (TPSA) is 66.4 Å². The Kier molecular flexibility index (Phi) is 5.38. The summed E-state index contributed by atoms with van der Waals surface area (Å²) in [7, 11) is -3.46. The number of hydrogen-bond acceptors (Lipinski definition) is 5. The summed E-state index contributed by atoms with van der Waals surface area (Å²) in [5, 5.41) is 8.52. The second kappa shape index (κ2) is 7.69. The van der Waals surface area contributed by atoms with Crippen molar-refractivity contribution in [1.82, 2.24) is 14.5 Å². The predicted molar refractivity (Wildman–Crippen MR) is 115 cm³/mol. The van der Waals surface area contributed by atoms with Crippen molar-refractivity contribution in [2.75, 3.05) is 31.1 Å². The van der Waals surface area contributed by atoms with Crippen molar-refractivity contribution in [3.05, 3.63) is 47.7 Å². The van der Waals surface area contributed by atoms with Gasteiger partial charge in [-0.3, -0.25) is 0 Å².